The Balaban J connectivity index is 1.69. The normalized spacial score (nSPS) is 27.4. The van der Waals surface area contributed by atoms with Crippen molar-refractivity contribution in [1.29, 1.82) is 0 Å². The first-order valence-corrected chi connectivity index (χ1v) is 6.98. The van der Waals surface area contributed by atoms with Gasteiger partial charge in [-0.2, -0.15) is 0 Å². The fraction of sp³-hybridized carbons (Fsp3) is 0.615. The second kappa shape index (κ2) is 5.03. The standard InChI is InChI=1S/C13H19ClN4/c14-11-4-5-13(17-15)16-12(11)8-18-6-9-2-1-3-10(9)7-18/h4-5,9-10H,1-3,6-8,15H2,(H,16,17). The SMILES string of the molecule is NNc1ccc(Cl)c(CN2CC3CCCC3C2)n1. The summed E-state index contributed by atoms with van der Waals surface area (Å²) < 4.78 is 0. The third kappa shape index (κ3) is 2.32. The molecule has 2 heterocycles. The third-order valence-electron chi connectivity index (χ3n) is 4.24. The van der Waals surface area contributed by atoms with Gasteiger partial charge in [0.2, 0.25) is 0 Å². The topological polar surface area (TPSA) is 54.2 Å². The predicted molar refractivity (Wildman–Crippen MR) is 73.2 cm³/mol. The van der Waals surface area contributed by atoms with E-state index in [4.69, 9.17) is 17.4 Å². The van der Waals surface area contributed by atoms with Crippen LogP contribution in [0.1, 0.15) is 25.0 Å². The highest BCUT2D eigenvalue weighted by atomic mass is 35.5. The number of nitrogen functional groups attached to an aromatic ring is 1. The second-order valence-electron chi connectivity index (χ2n) is 5.41. The van der Waals surface area contributed by atoms with Crippen LogP contribution in [0.4, 0.5) is 5.82 Å². The van der Waals surface area contributed by atoms with E-state index in [1.807, 2.05) is 6.07 Å². The van der Waals surface area contributed by atoms with Crippen LogP contribution in [0.5, 0.6) is 0 Å². The molecule has 2 unspecified atom stereocenters. The Morgan fingerprint density at radius 3 is 2.72 bits per heavy atom. The highest BCUT2D eigenvalue weighted by molar-refractivity contribution is 6.31. The van der Waals surface area contributed by atoms with E-state index in [0.29, 0.717) is 5.82 Å². The minimum atomic E-state index is 0.675. The van der Waals surface area contributed by atoms with Gasteiger partial charge in [-0.15, -0.1) is 0 Å². The van der Waals surface area contributed by atoms with Crippen LogP contribution in [0.25, 0.3) is 0 Å². The molecule has 1 saturated heterocycles. The summed E-state index contributed by atoms with van der Waals surface area (Å²) in [5.74, 6) is 7.86. The van der Waals surface area contributed by atoms with Crippen molar-refractivity contribution in [1.82, 2.24) is 9.88 Å². The molecular formula is C13H19ClN4. The molecular weight excluding hydrogens is 248 g/mol. The maximum atomic E-state index is 6.19. The van der Waals surface area contributed by atoms with Crippen LogP contribution in [-0.4, -0.2) is 23.0 Å². The van der Waals surface area contributed by atoms with Gasteiger partial charge >= 0.3 is 0 Å². The number of nitrogens with one attached hydrogen (secondary N) is 1. The fourth-order valence-electron chi connectivity index (χ4n) is 3.35. The number of likely N-dealkylation sites (tertiary alicyclic amines) is 1. The van der Waals surface area contributed by atoms with E-state index < -0.39 is 0 Å². The van der Waals surface area contributed by atoms with E-state index >= 15 is 0 Å². The van der Waals surface area contributed by atoms with Crippen molar-refractivity contribution >= 4 is 17.4 Å². The Hall–Kier alpha value is -0.840. The number of anilines is 1. The summed E-state index contributed by atoms with van der Waals surface area (Å²) in [7, 11) is 0. The fourth-order valence-corrected chi connectivity index (χ4v) is 3.51. The molecule has 0 aromatic carbocycles. The summed E-state index contributed by atoms with van der Waals surface area (Å²) in [5.41, 5.74) is 3.49. The summed E-state index contributed by atoms with van der Waals surface area (Å²) in [6.07, 6.45) is 4.20. The van der Waals surface area contributed by atoms with Crippen molar-refractivity contribution in [2.75, 3.05) is 18.5 Å². The Morgan fingerprint density at radius 2 is 2.06 bits per heavy atom. The summed E-state index contributed by atoms with van der Waals surface area (Å²) in [5, 5.41) is 0.728. The van der Waals surface area contributed by atoms with Crippen molar-refractivity contribution in [2.45, 2.75) is 25.8 Å². The molecule has 0 spiro atoms. The summed E-state index contributed by atoms with van der Waals surface area (Å²) in [6.45, 7) is 3.23. The number of aromatic nitrogens is 1. The number of pyridine rings is 1. The van der Waals surface area contributed by atoms with Gasteiger partial charge in [-0.25, -0.2) is 10.8 Å². The molecule has 1 aromatic rings. The molecule has 1 aliphatic heterocycles. The van der Waals surface area contributed by atoms with E-state index in [2.05, 4.69) is 15.3 Å². The molecule has 2 aliphatic rings. The number of rotatable bonds is 3. The number of nitrogens with two attached hydrogens (primary N) is 1. The van der Waals surface area contributed by atoms with Crippen LogP contribution in [0.3, 0.4) is 0 Å². The summed E-state index contributed by atoms with van der Waals surface area (Å²) in [4.78, 5) is 6.91. The van der Waals surface area contributed by atoms with Crippen LogP contribution < -0.4 is 11.3 Å². The van der Waals surface area contributed by atoms with Gasteiger partial charge in [0.15, 0.2) is 0 Å². The molecule has 2 atom stereocenters. The molecule has 3 rings (SSSR count). The van der Waals surface area contributed by atoms with Crippen molar-refractivity contribution in [3.63, 3.8) is 0 Å². The maximum absolute atomic E-state index is 6.19. The number of halogens is 1. The van der Waals surface area contributed by atoms with Gasteiger partial charge in [0.1, 0.15) is 5.82 Å². The van der Waals surface area contributed by atoms with E-state index in [9.17, 15) is 0 Å². The van der Waals surface area contributed by atoms with Gasteiger partial charge in [0.05, 0.1) is 10.7 Å². The Bertz CT molecular complexity index is 425. The molecule has 1 aromatic heterocycles. The highest BCUT2D eigenvalue weighted by Gasteiger charge is 2.36. The average Bonchev–Trinajstić information content (AvgIpc) is 2.92. The lowest BCUT2D eigenvalue weighted by atomic mass is 10.0. The molecule has 0 bridgehead atoms. The van der Waals surface area contributed by atoms with Gasteiger partial charge in [-0.1, -0.05) is 18.0 Å². The summed E-state index contributed by atoms with van der Waals surface area (Å²) in [6, 6.07) is 3.65. The first-order valence-electron chi connectivity index (χ1n) is 6.60. The monoisotopic (exact) mass is 266 g/mol. The predicted octanol–water partition coefficient (Wildman–Crippen LogP) is 2.25. The van der Waals surface area contributed by atoms with E-state index in [1.165, 1.54) is 32.4 Å². The molecule has 0 radical (unpaired) electrons. The van der Waals surface area contributed by atoms with Gasteiger partial charge in [-0.05, 0) is 36.8 Å². The molecule has 5 heteroatoms. The zero-order valence-electron chi connectivity index (χ0n) is 10.4. The lowest BCUT2D eigenvalue weighted by Gasteiger charge is -2.17. The van der Waals surface area contributed by atoms with Crippen LogP contribution in [0, 0.1) is 11.8 Å². The number of hydrazine groups is 1. The first kappa shape index (κ1) is 12.2. The van der Waals surface area contributed by atoms with Crippen molar-refractivity contribution in [3.8, 4) is 0 Å². The number of hydrogen-bond acceptors (Lipinski definition) is 4. The molecule has 98 valence electrons. The minimum absolute atomic E-state index is 0.675. The zero-order chi connectivity index (χ0) is 12.5. The van der Waals surface area contributed by atoms with Gasteiger partial charge in [0, 0.05) is 19.6 Å². The quantitative estimate of drug-likeness (QED) is 0.651. The largest absolute Gasteiger partial charge is 0.308 e. The average molecular weight is 267 g/mol. The molecule has 1 saturated carbocycles. The Kier molecular flexibility index (Phi) is 3.41. The Morgan fingerprint density at radius 1 is 1.33 bits per heavy atom. The third-order valence-corrected chi connectivity index (χ3v) is 4.59. The molecule has 1 aliphatic carbocycles. The molecule has 3 N–H and O–H groups in total. The van der Waals surface area contributed by atoms with E-state index in [1.54, 1.807) is 6.07 Å². The van der Waals surface area contributed by atoms with Crippen molar-refractivity contribution < 1.29 is 0 Å². The number of fused-ring (bicyclic) bond motifs is 1. The van der Waals surface area contributed by atoms with E-state index in [0.717, 1.165) is 29.1 Å². The molecule has 0 amide bonds. The number of hydrogen-bond donors (Lipinski definition) is 2. The molecule has 2 fully saturated rings. The summed E-state index contributed by atoms with van der Waals surface area (Å²) >= 11 is 6.19. The highest BCUT2D eigenvalue weighted by Crippen LogP contribution is 2.38. The number of nitrogens with zero attached hydrogens (tertiary/aromatic N) is 2. The van der Waals surface area contributed by atoms with Gasteiger partial charge in [-0.3, -0.25) is 4.90 Å². The van der Waals surface area contributed by atoms with Crippen molar-refractivity contribution in [3.05, 3.63) is 22.8 Å². The van der Waals surface area contributed by atoms with Gasteiger partial charge in [0.25, 0.3) is 0 Å². The maximum Gasteiger partial charge on any atom is 0.140 e. The molecule has 4 nitrogen and oxygen atoms in total. The van der Waals surface area contributed by atoms with Crippen LogP contribution in [0.2, 0.25) is 5.02 Å². The lowest BCUT2D eigenvalue weighted by Crippen LogP contribution is -2.22. The minimum Gasteiger partial charge on any atom is -0.308 e. The van der Waals surface area contributed by atoms with Crippen LogP contribution >= 0.6 is 11.6 Å². The molecule has 18 heavy (non-hydrogen) atoms. The second-order valence-corrected chi connectivity index (χ2v) is 5.82. The van der Waals surface area contributed by atoms with Crippen molar-refractivity contribution in [2.24, 2.45) is 17.7 Å². The van der Waals surface area contributed by atoms with Crippen LogP contribution in [-0.2, 0) is 6.54 Å². The zero-order valence-corrected chi connectivity index (χ0v) is 11.2. The van der Waals surface area contributed by atoms with E-state index in [-0.39, 0.29) is 0 Å². The lowest BCUT2D eigenvalue weighted by molar-refractivity contribution is 0.300. The Labute approximate surface area is 112 Å². The van der Waals surface area contributed by atoms with Gasteiger partial charge < -0.3 is 5.43 Å². The van der Waals surface area contributed by atoms with Crippen LogP contribution in [0.15, 0.2) is 12.1 Å². The first-order chi connectivity index (χ1) is 8.76. The smallest absolute Gasteiger partial charge is 0.140 e.